The number of thiazole rings is 1. The van der Waals surface area contributed by atoms with E-state index in [2.05, 4.69) is 4.98 Å². The lowest BCUT2D eigenvalue weighted by Crippen LogP contribution is -1.71. The highest BCUT2D eigenvalue weighted by Crippen LogP contribution is 2.34. The fourth-order valence-corrected chi connectivity index (χ4v) is 2.11. The Labute approximate surface area is 76.9 Å². The molecule has 0 saturated heterocycles. The Balaban J connectivity index is 2.99. The van der Waals surface area contributed by atoms with Crippen molar-refractivity contribution in [2.45, 2.75) is 0 Å². The van der Waals surface area contributed by atoms with Crippen molar-refractivity contribution in [3.8, 4) is 11.5 Å². The number of rotatable bonds is 0. The lowest BCUT2D eigenvalue weighted by Gasteiger charge is -1.96. The first-order valence-electron chi connectivity index (χ1n) is 3.22. The zero-order chi connectivity index (χ0) is 8.72. The zero-order valence-electron chi connectivity index (χ0n) is 5.87. The van der Waals surface area contributed by atoms with Gasteiger partial charge < -0.3 is 15.2 Å². The molecule has 0 aliphatic carbocycles. The van der Waals surface area contributed by atoms with E-state index >= 15 is 0 Å². The van der Waals surface area contributed by atoms with Crippen LogP contribution in [0.15, 0.2) is 12.1 Å². The molecule has 1 heterocycles. The average Bonchev–Trinajstić information content (AvgIpc) is 2.39. The molecule has 0 spiro atoms. The van der Waals surface area contributed by atoms with Gasteiger partial charge in [0.05, 0.1) is 4.70 Å². The Hall–Kier alpha value is -1.07. The molecule has 1 aromatic heterocycles. The Kier molecular flexibility index (Phi) is 1.55. The monoisotopic (exact) mass is 199 g/mol. The summed E-state index contributed by atoms with van der Waals surface area (Å²) in [5.74, 6) is -0.272. The van der Waals surface area contributed by atoms with E-state index in [0.29, 0.717) is 9.47 Å². The van der Waals surface area contributed by atoms with Gasteiger partial charge >= 0.3 is 0 Å². The van der Waals surface area contributed by atoms with Gasteiger partial charge in [0.2, 0.25) is 0 Å². The number of phenolic OH excluding ortho intramolecular Hbond substituents is 2. The summed E-state index contributed by atoms with van der Waals surface area (Å²) in [4.78, 5) is 2.79. The van der Waals surface area contributed by atoms with Crippen LogP contribution < -0.4 is 0 Å². The van der Waals surface area contributed by atoms with Crippen LogP contribution >= 0.6 is 23.6 Å². The van der Waals surface area contributed by atoms with Crippen LogP contribution in [0.2, 0.25) is 0 Å². The van der Waals surface area contributed by atoms with Crippen molar-refractivity contribution >= 4 is 33.8 Å². The summed E-state index contributed by atoms with van der Waals surface area (Å²) in [5, 5.41) is 18.5. The van der Waals surface area contributed by atoms with Gasteiger partial charge in [0, 0.05) is 0 Å². The molecule has 0 radical (unpaired) electrons. The highest BCUT2D eigenvalue weighted by atomic mass is 32.1. The Morgan fingerprint density at radius 2 is 2.08 bits per heavy atom. The van der Waals surface area contributed by atoms with E-state index in [4.69, 9.17) is 17.3 Å². The Bertz CT molecular complexity index is 486. The van der Waals surface area contributed by atoms with Gasteiger partial charge in [-0.05, 0) is 24.4 Å². The van der Waals surface area contributed by atoms with E-state index in [1.54, 1.807) is 6.07 Å². The maximum Gasteiger partial charge on any atom is 0.183 e. The number of hydrogen-bond acceptors (Lipinski definition) is 4. The first-order valence-corrected chi connectivity index (χ1v) is 4.45. The van der Waals surface area contributed by atoms with Crippen LogP contribution in [0, 0.1) is 3.95 Å². The van der Waals surface area contributed by atoms with Crippen molar-refractivity contribution in [3.05, 3.63) is 16.1 Å². The number of aromatic amines is 1. The van der Waals surface area contributed by atoms with Gasteiger partial charge in [-0.25, -0.2) is 0 Å². The predicted octanol–water partition coefficient (Wildman–Crippen LogP) is 2.37. The third kappa shape index (κ3) is 0.981. The number of hydrogen-bond donors (Lipinski definition) is 3. The van der Waals surface area contributed by atoms with E-state index in [9.17, 15) is 5.11 Å². The van der Waals surface area contributed by atoms with E-state index in [0.717, 1.165) is 4.70 Å². The van der Waals surface area contributed by atoms with E-state index in [-0.39, 0.29) is 11.5 Å². The average molecular weight is 199 g/mol. The van der Waals surface area contributed by atoms with Crippen molar-refractivity contribution in [3.63, 3.8) is 0 Å². The van der Waals surface area contributed by atoms with Gasteiger partial charge in [0.1, 0.15) is 5.52 Å². The van der Waals surface area contributed by atoms with Gasteiger partial charge in [0.25, 0.3) is 0 Å². The van der Waals surface area contributed by atoms with Gasteiger partial charge in [-0.2, -0.15) is 0 Å². The highest BCUT2D eigenvalue weighted by Gasteiger charge is 2.06. The number of aromatic nitrogens is 1. The summed E-state index contributed by atoms with van der Waals surface area (Å²) in [6.45, 7) is 0. The fraction of sp³-hybridized carbons (Fsp3) is 0. The minimum atomic E-state index is -0.139. The summed E-state index contributed by atoms with van der Waals surface area (Å²) in [5.41, 5.74) is 0.505. The lowest BCUT2D eigenvalue weighted by molar-refractivity contribution is 0.407. The molecule has 62 valence electrons. The van der Waals surface area contributed by atoms with Crippen LogP contribution in [0.1, 0.15) is 0 Å². The van der Waals surface area contributed by atoms with Crippen LogP contribution in [0.3, 0.4) is 0 Å². The summed E-state index contributed by atoms with van der Waals surface area (Å²) in [6.07, 6.45) is 0. The van der Waals surface area contributed by atoms with E-state index in [1.165, 1.54) is 17.4 Å². The molecule has 0 bridgehead atoms. The molecular weight excluding hydrogens is 194 g/mol. The van der Waals surface area contributed by atoms with Crippen molar-refractivity contribution in [1.82, 2.24) is 4.98 Å². The van der Waals surface area contributed by atoms with Crippen LogP contribution in [0.5, 0.6) is 11.5 Å². The lowest BCUT2D eigenvalue weighted by atomic mass is 10.3. The van der Waals surface area contributed by atoms with Gasteiger partial charge in [-0.15, -0.1) is 11.3 Å². The molecule has 2 aromatic rings. The summed E-state index contributed by atoms with van der Waals surface area (Å²) >= 11 is 6.25. The van der Waals surface area contributed by atoms with Crippen LogP contribution in [-0.2, 0) is 0 Å². The highest BCUT2D eigenvalue weighted by molar-refractivity contribution is 7.73. The SMILES string of the molecule is Oc1ccc2sc(=S)[nH]c2c1O. The first kappa shape index (κ1) is 7.57. The number of H-pyrrole nitrogens is 1. The van der Waals surface area contributed by atoms with Gasteiger partial charge in [-0.1, -0.05) is 0 Å². The molecule has 0 atom stereocenters. The molecule has 0 aliphatic rings. The second-order valence-corrected chi connectivity index (χ2v) is 4.04. The Morgan fingerprint density at radius 3 is 2.83 bits per heavy atom. The van der Waals surface area contributed by atoms with Crippen LogP contribution in [-0.4, -0.2) is 15.2 Å². The molecular formula is C7H5NO2S2. The van der Waals surface area contributed by atoms with Crippen molar-refractivity contribution in [1.29, 1.82) is 0 Å². The van der Waals surface area contributed by atoms with Gasteiger partial charge in [-0.3, -0.25) is 0 Å². The largest absolute Gasteiger partial charge is 0.504 e. The molecule has 5 heteroatoms. The number of nitrogens with one attached hydrogen (secondary N) is 1. The second kappa shape index (κ2) is 2.46. The molecule has 0 aliphatic heterocycles. The van der Waals surface area contributed by atoms with Crippen molar-refractivity contribution < 1.29 is 10.2 Å². The first-order chi connectivity index (χ1) is 5.68. The molecule has 1 aromatic carbocycles. The van der Waals surface area contributed by atoms with E-state index < -0.39 is 0 Å². The van der Waals surface area contributed by atoms with Crippen molar-refractivity contribution in [2.75, 3.05) is 0 Å². The number of benzene rings is 1. The smallest absolute Gasteiger partial charge is 0.183 e. The molecule has 0 amide bonds. The standard InChI is InChI=1S/C7H5NO2S2/c9-3-1-2-4-5(6(3)10)8-7(11)12-4/h1-2,9-10H,(H,8,11). The summed E-state index contributed by atoms with van der Waals surface area (Å²) in [6, 6.07) is 3.15. The molecule has 0 saturated carbocycles. The molecule has 3 N–H and O–H groups in total. The molecule has 0 fully saturated rings. The number of fused-ring (bicyclic) bond motifs is 1. The van der Waals surface area contributed by atoms with Crippen LogP contribution in [0.25, 0.3) is 10.2 Å². The maximum absolute atomic E-state index is 9.35. The second-order valence-electron chi connectivity index (χ2n) is 2.32. The van der Waals surface area contributed by atoms with Crippen molar-refractivity contribution in [2.24, 2.45) is 0 Å². The molecule has 12 heavy (non-hydrogen) atoms. The molecule has 3 nitrogen and oxygen atoms in total. The normalized spacial score (nSPS) is 10.7. The third-order valence-electron chi connectivity index (χ3n) is 1.55. The summed E-state index contributed by atoms with van der Waals surface area (Å²) < 4.78 is 1.43. The molecule has 0 unspecified atom stereocenters. The maximum atomic E-state index is 9.35. The van der Waals surface area contributed by atoms with E-state index in [1.807, 2.05) is 0 Å². The number of phenols is 2. The number of aromatic hydroxyl groups is 2. The predicted molar refractivity (Wildman–Crippen MR) is 50.3 cm³/mol. The van der Waals surface area contributed by atoms with Gasteiger partial charge in [0.15, 0.2) is 15.5 Å². The quantitative estimate of drug-likeness (QED) is 0.451. The van der Waals surface area contributed by atoms with Crippen LogP contribution in [0.4, 0.5) is 0 Å². The topological polar surface area (TPSA) is 56.2 Å². The zero-order valence-corrected chi connectivity index (χ0v) is 7.50. The summed E-state index contributed by atoms with van der Waals surface area (Å²) in [7, 11) is 0. The fourth-order valence-electron chi connectivity index (χ4n) is 0.995. The minimum absolute atomic E-state index is 0.133. The minimum Gasteiger partial charge on any atom is -0.504 e. The molecule has 2 rings (SSSR count). The third-order valence-corrected chi connectivity index (χ3v) is 2.75. The Morgan fingerprint density at radius 1 is 1.33 bits per heavy atom.